The first kappa shape index (κ1) is 18.3. The van der Waals surface area contributed by atoms with E-state index in [4.69, 9.17) is 11.6 Å². The summed E-state index contributed by atoms with van der Waals surface area (Å²) in [7, 11) is -4.40. The summed E-state index contributed by atoms with van der Waals surface area (Å²) in [5.41, 5.74) is 0. The van der Waals surface area contributed by atoms with Crippen LogP contribution in [-0.2, 0) is 10.1 Å². The van der Waals surface area contributed by atoms with Crippen LogP contribution in [0, 0.1) is 0 Å². The first-order chi connectivity index (χ1) is 11.0. The molecule has 4 aromatic rings. The molecule has 0 fully saturated rings. The predicted octanol–water partition coefficient (Wildman–Crippen LogP) is 4.67. The Bertz CT molecular complexity index is 1200. The zero-order chi connectivity index (χ0) is 16.2. The van der Waals surface area contributed by atoms with Gasteiger partial charge in [0.25, 0.3) is 10.1 Å². The molecule has 0 bridgehead atoms. The van der Waals surface area contributed by atoms with Gasteiger partial charge in [0.2, 0.25) is 0 Å². The van der Waals surface area contributed by atoms with E-state index in [1.54, 1.807) is 12.1 Å². The van der Waals surface area contributed by atoms with Gasteiger partial charge in [-0.3, -0.25) is 4.55 Å². The van der Waals surface area contributed by atoms with Crippen LogP contribution in [0.1, 0.15) is 0 Å². The van der Waals surface area contributed by atoms with Gasteiger partial charge in [0.15, 0.2) is 0 Å². The molecule has 0 atom stereocenters. The Labute approximate surface area is 186 Å². The molecule has 0 unspecified atom stereocenters. The summed E-state index contributed by atoms with van der Waals surface area (Å²) in [5.74, 6) is 0. The number of fused-ring (bicyclic) bond motifs is 5. The molecule has 6 heteroatoms. The minimum atomic E-state index is -4.40. The third-order valence-electron chi connectivity index (χ3n) is 4.08. The van der Waals surface area contributed by atoms with Gasteiger partial charge in [-0.25, -0.2) is 0 Å². The molecule has 115 valence electrons. The molecule has 0 saturated heterocycles. The Kier molecular flexibility index (Phi) is 5.08. The van der Waals surface area contributed by atoms with Gasteiger partial charge in [0.1, 0.15) is 4.90 Å². The van der Waals surface area contributed by atoms with Crippen molar-refractivity contribution in [3.05, 3.63) is 65.7 Å². The zero-order valence-corrected chi connectivity index (χ0v) is 17.5. The van der Waals surface area contributed by atoms with E-state index in [-0.39, 0.29) is 61.3 Å². The number of benzene rings is 4. The molecule has 0 spiro atoms. The third kappa shape index (κ3) is 2.93. The van der Waals surface area contributed by atoms with Gasteiger partial charge in [0, 0.05) is 56.8 Å². The van der Waals surface area contributed by atoms with Gasteiger partial charge < -0.3 is 0 Å². The maximum absolute atomic E-state index is 11.7. The molecule has 1 radical (unpaired) electrons. The molecule has 0 amide bonds. The van der Waals surface area contributed by atoms with Crippen LogP contribution >= 0.6 is 11.6 Å². The van der Waals surface area contributed by atoms with Gasteiger partial charge in [-0.1, -0.05) is 66.2 Å². The van der Waals surface area contributed by atoms with Crippen molar-refractivity contribution < 1.29 is 13.0 Å². The molecule has 0 aromatic heterocycles. The van der Waals surface area contributed by atoms with Crippen molar-refractivity contribution in [1.82, 2.24) is 0 Å². The van der Waals surface area contributed by atoms with Crippen molar-refractivity contribution in [2.75, 3.05) is 0 Å². The first-order valence-electron chi connectivity index (χ1n) is 6.97. The fourth-order valence-electron chi connectivity index (χ4n) is 3.11. The monoisotopic (exact) mass is 381 g/mol. The second kappa shape index (κ2) is 6.66. The molecular weight excluding hydrogens is 371 g/mol. The SMILES string of the molecule is O=S(=O)(O)c1c(Cl)ccc2c1ccc1c3ccccc3ccc21.[K]. The topological polar surface area (TPSA) is 54.4 Å². The normalized spacial score (nSPS) is 11.8. The standard InChI is InChI=1S/C18H11ClO3S.K/c19-17-10-9-15-14-6-5-11-3-1-2-4-12(11)13(14)7-8-16(15)18(17)23(20,21)22;/h1-10H,(H,20,21,22);. The Morgan fingerprint density at radius 1 is 0.708 bits per heavy atom. The zero-order valence-electron chi connectivity index (χ0n) is 12.8. The molecule has 4 aromatic carbocycles. The van der Waals surface area contributed by atoms with E-state index in [1.807, 2.05) is 42.5 Å². The second-order valence-corrected chi connectivity index (χ2v) is 7.16. The number of halogens is 1. The Morgan fingerprint density at radius 2 is 1.25 bits per heavy atom. The van der Waals surface area contributed by atoms with Crippen LogP contribution < -0.4 is 0 Å². The van der Waals surface area contributed by atoms with Crippen LogP contribution in [0.5, 0.6) is 0 Å². The summed E-state index contributed by atoms with van der Waals surface area (Å²) in [6, 6.07) is 18.8. The summed E-state index contributed by atoms with van der Waals surface area (Å²) in [6.07, 6.45) is 0. The Morgan fingerprint density at radius 3 is 2.00 bits per heavy atom. The Hall–Kier alpha value is -0.504. The van der Waals surface area contributed by atoms with Crippen LogP contribution in [0.2, 0.25) is 5.02 Å². The van der Waals surface area contributed by atoms with Crippen LogP contribution in [0.15, 0.2) is 65.6 Å². The molecule has 1 N–H and O–H groups in total. The van der Waals surface area contributed by atoms with Crippen molar-refractivity contribution in [3.63, 3.8) is 0 Å². The van der Waals surface area contributed by atoms with Crippen molar-refractivity contribution >= 4 is 105 Å². The summed E-state index contributed by atoms with van der Waals surface area (Å²) >= 11 is 5.99. The number of rotatable bonds is 1. The van der Waals surface area contributed by atoms with Crippen LogP contribution in [0.3, 0.4) is 0 Å². The molecule has 0 aliphatic rings. The predicted molar refractivity (Wildman–Crippen MR) is 99.5 cm³/mol. The minimum Gasteiger partial charge on any atom is -0.282 e. The summed E-state index contributed by atoms with van der Waals surface area (Å²) in [6.45, 7) is 0. The van der Waals surface area contributed by atoms with Gasteiger partial charge in [-0.15, -0.1) is 0 Å². The molecule has 0 aliphatic carbocycles. The van der Waals surface area contributed by atoms with Gasteiger partial charge in [-0.05, 0) is 33.0 Å². The second-order valence-electron chi connectivity index (χ2n) is 5.39. The van der Waals surface area contributed by atoms with E-state index in [2.05, 4.69) is 0 Å². The van der Waals surface area contributed by atoms with E-state index in [1.165, 1.54) is 6.07 Å². The first-order valence-corrected chi connectivity index (χ1v) is 8.79. The molecule has 24 heavy (non-hydrogen) atoms. The van der Waals surface area contributed by atoms with Gasteiger partial charge in [-0.2, -0.15) is 8.42 Å². The fourth-order valence-corrected chi connectivity index (χ4v) is 4.34. The molecule has 0 saturated carbocycles. The Balaban J connectivity index is 0.00000169. The summed E-state index contributed by atoms with van der Waals surface area (Å²) < 4.78 is 32.9. The van der Waals surface area contributed by atoms with Crippen molar-refractivity contribution in [2.45, 2.75) is 4.90 Å². The quantitative estimate of drug-likeness (QED) is 0.296. The van der Waals surface area contributed by atoms with E-state index in [9.17, 15) is 13.0 Å². The average Bonchev–Trinajstić information content (AvgIpc) is 2.52. The number of hydrogen-bond acceptors (Lipinski definition) is 2. The number of hydrogen-bond donors (Lipinski definition) is 1. The van der Waals surface area contributed by atoms with Gasteiger partial charge in [0.05, 0.1) is 5.02 Å². The molecule has 3 nitrogen and oxygen atoms in total. The van der Waals surface area contributed by atoms with Crippen molar-refractivity contribution in [1.29, 1.82) is 0 Å². The van der Waals surface area contributed by atoms with E-state index in [0.29, 0.717) is 5.39 Å². The molecule has 0 heterocycles. The van der Waals surface area contributed by atoms with Crippen LogP contribution in [0.25, 0.3) is 32.3 Å². The van der Waals surface area contributed by atoms with E-state index < -0.39 is 10.1 Å². The smallest absolute Gasteiger partial charge is 0.282 e. The minimum absolute atomic E-state index is 0. The van der Waals surface area contributed by atoms with Gasteiger partial charge >= 0.3 is 0 Å². The van der Waals surface area contributed by atoms with E-state index >= 15 is 0 Å². The van der Waals surface area contributed by atoms with Crippen molar-refractivity contribution in [2.24, 2.45) is 0 Å². The maximum atomic E-state index is 11.7. The molecule has 0 aliphatic heterocycles. The maximum Gasteiger partial charge on any atom is 0.296 e. The van der Waals surface area contributed by atoms with Crippen LogP contribution in [-0.4, -0.2) is 64.4 Å². The summed E-state index contributed by atoms with van der Waals surface area (Å²) in [5, 5.41) is 5.33. The van der Waals surface area contributed by atoms with Crippen LogP contribution in [0.4, 0.5) is 0 Å². The average molecular weight is 382 g/mol. The molecular formula is C18H11ClKO3S. The largest absolute Gasteiger partial charge is 0.296 e. The summed E-state index contributed by atoms with van der Waals surface area (Å²) in [4.78, 5) is -0.244. The van der Waals surface area contributed by atoms with Crippen molar-refractivity contribution in [3.8, 4) is 0 Å². The third-order valence-corrected chi connectivity index (χ3v) is 5.47. The molecule has 4 rings (SSSR count). The fraction of sp³-hybridized carbons (Fsp3) is 0. The van der Waals surface area contributed by atoms with E-state index in [0.717, 1.165) is 26.9 Å².